The van der Waals surface area contributed by atoms with E-state index in [-0.39, 0.29) is 24.5 Å². The zero-order valence-electron chi connectivity index (χ0n) is 39.2. The van der Waals surface area contributed by atoms with Crippen molar-refractivity contribution in [2.75, 3.05) is 13.2 Å². The van der Waals surface area contributed by atoms with E-state index in [0.717, 1.165) is 57.8 Å². The molecular formula is C51H96N2O7. The maximum absolute atomic E-state index is 12.8. The molecule has 9 heteroatoms. The first-order valence-electron chi connectivity index (χ1n) is 25.6. The Hall–Kier alpha value is -2.42. The van der Waals surface area contributed by atoms with Crippen LogP contribution in [0, 0.1) is 0 Å². The van der Waals surface area contributed by atoms with Gasteiger partial charge >= 0.3 is 11.9 Å². The number of carbonyl (C=O) groups is 4. The molecule has 0 aliphatic carbocycles. The van der Waals surface area contributed by atoms with Crippen LogP contribution in [0.1, 0.15) is 264 Å². The van der Waals surface area contributed by atoms with Gasteiger partial charge in [0, 0.05) is 12.8 Å². The van der Waals surface area contributed by atoms with Crippen molar-refractivity contribution < 1.29 is 34.1 Å². The Labute approximate surface area is 369 Å². The van der Waals surface area contributed by atoms with E-state index in [1.54, 1.807) is 0 Å². The molecule has 0 spiro atoms. The molecular weight excluding hydrogens is 753 g/mol. The minimum absolute atomic E-state index is 0.0708. The topological polar surface area (TPSA) is 142 Å². The molecule has 352 valence electrons. The van der Waals surface area contributed by atoms with Crippen LogP contribution in [0.4, 0.5) is 0 Å². The smallest absolute Gasteiger partial charge is 0.328 e. The van der Waals surface area contributed by atoms with Crippen molar-refractivity contribution in [2.24, 2.45) is 0 Å². The summed E-state index contributed by atoms with van der Waals surface area (Å²) < 4.78 is 5.97. The van der Waals surface area contributed by atoms with Gasteiger partial charge in [0.25, 0.3) is 0 Å². The summed E-state index contributed by atoms with van der Waals surface area (Å²) >= 11 is 0. The third-order valence-corrected chi connectivity index (χ3v) is 11.7. The van der Waals surface area contributed by atoms with Gasteiger partial charge in [0.05, 0.1) is 13.2 Å². The highest BCUT2D eigenvalue weighted by Gasteiger charge is 2.18. The summed E-state index contributed by atoms with van der Waals surface area (Å²) in [6.45, 7) is 3.50. The third kappa shape index (κ3) is 42.3. The molecule has 0 fully saturated rings. The second-order valence-electron chi connectivity index (χ2n) is 17.6. The number of unbranched alkanes of at least 4 members (excludes halogenated alkanes) is 33. The molecule has 0 aromatic rings. The average Bonchev–Trinajstić information content (AvgIpc) is 3.23. The van der Waals surface area contributed by atoms with Gasteiger partial charge in [-0.15, -0.1) is 0 Å². The summed E-state index contributed by atoms with van der Waals surface area (Å²) in [5.41, 5.74) is 0. The molecule has 2 amide bonds. The van der Waals surface area contributed by atoms with Gasteiger partial charge in [-0.05, 0) is 44.6 Å². The van der Waals surface area contributed by atoms with Crippen molar-refractivity contribution >= 4 is 23.8 Å². The standard InChI is InChI=1S/C51H96N2O7/c1-3-5-7-9-11-13-14-15-16-17-18-19-20-21-22-23-24-25-26-27-29-35-39-43-50(57)60-46(40-36-32-28-12-10-8-6-4-2)41-37-33-30-31-34-38-42-48(55)52-44-49(56)53-47(45-54)51(58)59/h36,40,46-47,54H,3-35,37-39,41-45H2,1-2H3,(H,52,55)(H,53,56)(H,58,59)/b40-36-. The molecule has 2 atom stereocenters. The SMILES string of the molecule is CCCCCCCC/C=C\C(CCCCCCCCC(=O)NCC(=O)NC(CO)C(=O)O)OC(=O)CCCCCCCCCCCCCCCCCCCCCCCCC. The number of esters is 1. The summed E-state index contributed by atoms with van der Waals surface area (Å²) in [6, 6.07) is -1.38. The first kappa shape index (κ1) is 57.6. The minimum atomic E-state index is -1.38. The second-order valence-corrected chi connectivity index (χ2v) is 17.6. The number of carboxylic acids is 1. The van der Waals surface area contributed by atoms with E-state index in [1.807, 2.05) is 0 Å². The lowest BCUT2D eigenvalue weighted by atomic mass is 10.0. The fourth-order valence-corrected chi connectivity index (χ4v) is 7.80. The van der Waals surface area contributed by atoms with Gasteiger partial charge in [0.2, 0.25) is 11.8 Å². The lowest BCUT2D eigenvalue weighted by molar-refractivity contribution is -0.147. The van der Waals surface area contributed by atoms with Crippen LogP contribution in [0.3, 0.4) is 0 Å². The first-order chi connectivity index (χ1) is 29.3. The second kappa shape index (κ2) is 46.1. The molecule has 0 radical (unpaired) electrons. The van der Waals surface area contributed by atoms with Gasteiger partial charge < -0.3 is 25.6 Å². The molecule has 60 heavy (non-hydrogen) atoms. The van der Waals surface area contributed by atoms with Crippen LogP contribution >= 0.6 is 0 Å². The van der Waals surface area contributed by atoms with Gasteiger partial charge in [0.1, 0.15) is 12.1 Å². The van der Waals surface area contributed by atoms with Crippen molar-refractivity contribution in [1.29, 1.82) is 0 Å². The number of rotatable bonds is 47. The van der Waals surface area contributed by atoms with Crippen LogP contribution in [-0.4, -0.2) is 59.3 Å². The van der Waals surface area contributed by atoms with Crippen molar-refractivity contribution in [1.82, 2.24) is 10.6 Å². The fourth-order valence-electron chi connectivity index (χ4n) is 7.80. The quantitative estimate of drug-likeness (QED) is 0.0271. The van der Waals surface area contributed by atoms with Crippen LogP contribution in [0.5, 0.6) is 0 Å². The van der Waals surface area contributed by atoms with E-state index >= 15 is 0 Å². The molecule has 9 nitrogen and oxygen atoms in total. The van der Waals surface area contributed by atoms with Crippen molar-refractivity contribution in [3.8, 4) is 0 Å². The summed E-state index contributed by atoms with van der Waals surface area (Å²) in [5.74, 6) is -2.31. The molecule has 0 saturated carbocycles. The molecule has 0 rings (SSSR count). The Balaban J connectivity index is 4.03. The molecule has 4 N–H and O–H groups in total. The Bertz CT molecular complexity index is 1020. The van der Waals surface area contributed by atoms with Gasteiger partial charge in [-0.3, -0.25) is 14.4 Å². The van der Waals surface area contributed by atoms with Crippen molar-refractivity contribution in [3.05, 3.63) is 12.2 Å². The highest BCUT2D eigenvalue weighted by atomic mass is 16.5. The van der Waals surface area contributed by atoms with Gasteiger partial charge in [-0.25, -0.2) is 4.79 Å². The van der Waals surface area contributed by atoms with Crippen LogP contribution < -0.4 is 10.6 Å². The number of amides is 2. The predicted octanol–water partition coefficient (Wildman–Crippen LogP) is 13.4. The molecule has 0 aliphatic heterocycles. The summed E-state index contributed by atoms with van der Waals surface area (Å²) in [6.07, 6.45) is 51.4. The summed E-state index contributed by atoms with van der Waals surface area (Å²) in [5, 5.41) is 22.6. The number of hydrogen-bond donors (Lipinski definition) is 4. The normalized spacial score (nSPS) is 12.4. The number of aliphatic hydroxyl groups is 1. The van der Waals surface area contributed by atoms with Crippen molar-refractivity contribution in [3.63, 3.8) is 0 Å². The number of carbonyl (C=O) groups excluding carboxylic acids is 3. The van der Waals surface area contributed by atoms with E-state index in [4.69, 9.17) is 14.9 Å². The Morgan fingerprint density at radius 1 is 0.500 bits per heavy atom. The van der Waals surface area contributed by atoms with E-state index in [2.05, 4.69) is 36.6 Å². The van der Waals surface area contributed by atoms with E-state index in [9.17, 15) is 19.2 Å². The molecule has 0 aliphatic rings. The monoisotopic (exact) mass is 849 g/mol. The van der Waals surface area contributed by atoms with E-state index in [1.165, 1.54) is 173 Å². The fraction of sp³-hybridized carbons (Fsp3) is 0.882. The molecule has 2 unspecified atom stereocenters. The van der Waals surface area contributed by atoms with Gasteiger partial charge in [-0.2, -0.15) is 0 Å². The van der Waals surface area contributed by atoms with Crippen LogP contribution in [0.15, 0.2) is 12.2 Å². The molecule has 0 aromatic carbocycles. The Morgan fingerprint density at radius 3 is 1.30 bits per heavy atom. The van der Waals surface area contributed by atoms with Gasteiger partial charge in [0.15, 0.2) is 0 Å². The highest BCUT2D eigenvalue weighted by Crippen LogP contribution is 2.18. The number of carboxylic acid groups (broad SMARTS) is 1. The van der Waals surface area contributed by atoms with Gasteiger partial charge in [-0.1, -0.05) is 219 Å². The average molecular weight is 849 g/mol. The van der Waals surface area contributed by atoms with Crippen molar-refractivity contribution in [2.45, 2.75) is 276 Å². The Kier molecular flexibility index (Phi) is 44.2. The number of aliphatic hydroxyl groups excluding tert-OH is 1. The lowest BCUT2D eigenvalue weighted by Crippen LogP contribution is -2.47. The number of ether oxygens (including phenoxy) is 1. The van der Waals surface area contributed by atoms with Crippen LogP contribution in [0.25, 0.3) is 0 Å². The zero-order valence-corrected chi connectivity index (χ0v) is 39.2. The summed E-state index contributed by atoms with van der Waals surface area (Å²) in [7, 11) is 0. The largest absolute Gasteiger partial charge is 0.480 e. The number of nitrogens with one attached hydrogen (secondary N) is 2. The Morgan fingerprint density at radius 2 is 0.883 bits per heavy atom. The molecule has 0 aromatic heterocycles. The minimum Gasteiger partial charge on any atom is -0.480 e. The zero-order chi connectivity index (χ0) is 44.0. The number of aliphatic carboxylic acids is 1. The number of hydrogen-bond acceptors (Lipinski definition) is 6. The maximum atomic E-state index is 12.8. The third-order valence-electron chi connectivity index (χ3n) is 11.7. The van der Waals surface area contributed by atoms with Crippen LogP contribution in [0.2, 0.25) is 0 Å². The number of allylic oxidation sites excluding steroid dienone is 1. The van der Waals surface area contributed by atoms with E-state index in [0.29, 0.717) is 19.3 Å². The lowest BCUT2D eigenvalue weighted by Gasteiger charge is -2.15. The molecule has 0 saturated heterocycles. The molecule has 0 bridgehead atoms. The maximum Gasteiger partial charge on any atom is 0.328 e. The molecule has 0 heterocycles. The highest BCUT2D eigenvalue weighted by molar-refractivity contribution is 5.87. The first-order valence-corrected chi connectivity index (χ1v) is 25.6. The van der Waals surface area contributed by atoms with Crippen LogP contribution in [-0.2, 0) is 23.9 Å². The predicted molar refractivity (Wildman–Crippen MR) is 250 cm³/mol. The van der Waals surface area contributed by atoms with E-state index < -0.39 is 24.5 Å². The summed E-state index contributed by atoms with van der Waals surface area (Å²) in [4.78, 5) is 47.5.